The van der Waals surface area contributed by atoms with Crippen LogP contribution in [0.5, 0.6) is 5.88 Å². The molecule has 2 amide bonds. The van der Waals surface area contributed by atoms with E-state index in [-0.39, 0.29) is 45.4 Å². The summed E-state index contributed by atoms with van der Waals surface area (Å²) in [6.45, 7) is 5.36. The van der Waals surface area contributed by atoms with Crippen LogP contribution in [-0.2, 0) is 41.7 Å². The van der Waals surface area contributed by atoms with Gasteiger partial charge in [0.25, 0.3) is 0 Å². The maximum Gasteiger partial charge on any atom is 2.00 e. The molecule has 2 fully saturated rings. The van der Waals surface area contributed by atoms with Gasteiger partial charge in [0.05, 0.1) is 24.9 Å². The van der Waals surface area contributed by atoms with Crippen LogP contribution >= 0.6 is 23.2 Å². The molecule has 3 aromatic heterocycles. The number of ether oxygens (including phenoxy) is 2. The van der Waals surface area contributed by atoms with E-state index in [4.69, 9.17) is 37.7 Å². The van der Waals surface area contributed by atoms with Gasteiger partial charge in [-0.1, -0.05) is 47.3 Å². The van der Waals surface area contributed by atoms with E-state index in [0.29, 0.717) is 46.5 Å². The summed E-state index contributed by atoms with van der Waals surface area (Å²) < 4.78 is 13.5. The van der Waals surface area contributed by atoms with Gasteiger partial charge in [-0.05, 0) is 53.7 Å². The van der Waals surface area contributed by atoms with E-state index >= 15 is 0 Å². The van der Waals surface area contributed by atoms with Gasteiger partial charge in [-0.15, -0.1) is 23.2 Å². The van der Waals surface area contributed by atoms with Gasteiger partial charge in [-0.2, -0.15) is 24.3 Å². The predicted molar refractivity (Wildman–Crippen MR) is 208 cm³/mol. The molecular formula is C40H41Cl2N7NiO5. The first-order chi connectivity index (χ1) is 25.9. The molecule has 0 saturated carbocycles. The van der Waals surface area contributed by atoms with Crippen LogP contribution in [0.3, 0.4) is 0 Å². The Labute approximate surface area is 339 Å². The number of hydrogen-bond acceptors (Lipinski definition) is 8. The van der Waals surface area contributed by atoms with Crippen LogP contribution in [-0.4, -0.2) is 87.5 Å². The van der Waals surface area contributed by atoms with Crippen LogP contribution in [0, 0.1) is 19.2 Å². The van der Waals surface area contributed by atoms with Gasteiger partial charge in [0.15, 0.2) is 5.56 Å². The van der Waals surface area contributed by atoms with Crippen molar-refractivity contribution in [3.05, 3.63) is 108 Å². The molecule has 0 bridgehead atoms. The first-order valence-electron chi connectivity index (χ1n) is 17.7. The molecule has 2 aliphatic heterocycles. The molecule has 1 aliphatic carbocycles. The number of carbonyl (C=O) groups is 1. The molecule has 5 aromatic rings. The molecule has 1 N–H and O–H groups in total. The molecule has 15 heteroatoms. The molecule has 290 valence electrons. The fourth-order valence-electron chi connectivity index (χ4n) is 7.88. The van der Waals surface area contributed by atoms with Crippen molar-refractivity contribution in [3.63, 3.8) is 0 Å². The zero-order valence-electron chi connectivity index (χ0n) is 31.1. The van der Waals surface area contributed by atoms with Crippen LogP contribution in [0.25, 0.3) is 33.3 Å². The monoisotopic (exact) mass is 827 g/mol. The van der Waals surface area contributed by atoms with Gasteiger partial charge in [0.1, 0.15) is 0 Å². The SMILES string of the molecule is COCCN1C[C@@]2(CCN([C@@H]3CCc4cc(-c5cccc(-c6ccc[c-]c6Cl)c5Cl)nc(OC)c43)C2)NC1=O.Cc1cc2c([c-]n1)c(=O)n(C)c(=O)n2C.[Ni+2]. The van der Waals surface area contributed by atoms with E-state index in [1.165, 1.54) is 17.2 Å². The second-order valence-electron chi connectivity index (χ2n) is 14.0. The second kappa shape index (κ2) is 16.5. The largest absolute Gasteiger partial charge is 2.00 e. The van der Waals surface area contributed by atoms with E-state index in [1.807, 2.05) is 35.2 Å². The summed E-state index contributed by atoms with van der Waals surface area (Å²) in [5, 5.41) is 4.74. The maximum absolute atomic E-state index is 12.6. The number of aryl methyl sites for hydroxylation is 3. The van der Waals surface area contributed by atoms with Gasteiger partial charge in [-0.3, -0.25) is 4.90 Å². The van der Waals surface area contributed by atoms with Crippen molar-refractivity contribution in [2.24, 2.45) is 14.1 Å². The van der Waals surface area contributed by atoms with E-state index in [2.05, 4.69) is 33.5 Å². The number of likely N-dealkylation sites (tertiary alicyclic amines) is 1. The third-order valence-electron chi connectivity index (χ3n) is 10.6. The molecule has 2 saturated heterocycles. The average molecular weight is 829 g/mol. The van der Waals surface area contributed by atoms with Crippen LogP contribution in [0.15, 0.2) is 58.1 Å². The van der Waals surface area contributed by atoms with E-state index in [0.717, 1.165) is 70.6 Å². The Kier molecular flexibility index (Phi) is 12.1. The molecule has 8 rings (SSSR count). The van der Waals surface area contributed by atoms with E-state index in [9.17, 15) is 14.4 Å². The summed E-state index contributed by atoms with van der Waals surface area (Å²) in [6, 6.07) is 18.6. The minimum absolute atomic E-state index is 0. The molecule has 1 spiro atoms. The molecule has 12 nitrogen and oxygen atoms in total. The number of nitrogens with one attached hydrogen (secondary N) is 1. The molecule has 2 atom stereocenters. The van der Waals surface area contributed by atoms with E-state index in [1.54, 1.807) is 40.3 Å². The van der Waals surface area contributed by atoms with Crippen molar-refractivity contribution in [2.45, 2.75) is 37.8 Å². The third kappa shape index (κ3) is 7.65. The number of methoxy groups -OCH3 is 2. The minimum atomic E-state index is -0.361. The Bertz CT molecular complexity index is 2390. The molecule has 2 aromatic carbocycles. The summed E-state index contributed by atoms with van der Waals surface area (Å²) in [5.74, 6) is 0.635. The van der Waals surface area contributed by atoms with Gasteiger partial charge < -0.3 is 38.6 Å². The number of halogens is 2. The average Bonchev–Trinajstić information content (AvgIpc) is 3.88. The normalized spacial score (nSPS) is 18.9. The first kappa shape index (κ1) is 40.4. The van der Waals surface area contributed by atoms with Crippen LogP contribution < -0.4 is 21.3 Å². The summed E-state index contributed by atoms with van der Waals surface area (Å²) in [7, 11) is 6.40. The zero-order valence-corrected chi connectivity index (χ0v) is 33.6. The van der Waals surface area contributed by atoms with Crippen molar-refractivity contribution >= 4 is 40.1 Å². The first-order valence-corrected chi connectivity index (χ1v) is 18.5. The van der Waals surface area contributed by atoms with Gasteiger partial charge >= 0.3 is 28.2 Å². The third-order valence-corrected chi connectivity index (χ3v) is 11.4. The summed E-state index contributed by atoms with van der Waals surface area (Å²) in [5.41, 5.74) is 6.04. The number of urea groups is 1. The Hall–Kier alpha value is -4.26. The number of fused-ring (bicyclic) bond motifs is 2. The zero-order chi connectivity index (χ0) is 38.3. The van der Waals surface area contributed by atoms with Gasteiger partial charge in [0.2, 0.25) is 5.88 Å². The molecule has 5 heterocycles. The predicted octanol–water partition coefficient (Wildman–Crippen LogP) is 5.37. The Morgan fingerprint density at radius 2 is 1.78 bits per heavy atom. The number of aromatic nitrogens is 4. The quantitative estimate of drug-likeness (QED) is 0.172. The summed E-state index contributed by atoms with van der Waals surface area (Å²) in [4.78, 5) is 49.1. The number of carbonyl (C=O) groups excluding carboxylic acids is 1. The van der Waals surface area contributed by atoms with Crippen molar-refractivity contribution in [2.75, 3.05) is 47.0 Å². The fraction of sp³-hybridized carbons (Fsp3) is 0.375. The Balaban J connectivity index is 0.000000270. The standard InChI is InChI=1S/C30H31Cl2N4O3.C10H10N3O2.Ni/c1-38-15-14-36-18-30(34-29(36)37)12-13-35(17-30)25-11-10-19-16-24(33-28(39-2)26(19)25)22-8-5-7-21(27(22)32)20-6-3-4-9-23(20)31;1-6-4-8-7(5-11-6)9(14)13(3)10(15)12(8)2;/h3-8,16,25H,10-15,17-18H2,1-2H3,(H,34,37);4H,1-3H3;/q2*-1;+2/t25-,30+;;/m1../s1. The second-order valence-corrected chi connectivity index (χ2v) is 14.8. The van der Waals surface area contributed by atoms with Crippen LogP contribution in [0.2, 0.25) is 10.0 Å². The van der Waals surface area contributed by atoms with E-state index < -0.39 is 0 Å². The Morgan fingerprint density at radius 1 is 1.02 bits per heavy atom. The molecule has 3 aliphatic rings. The molecule has 0 unspecified atom stereocenters. The molecule has 0 radical (unpaired) electrons. The van der Waals surface area contributed by atoms with Crippen molar-refractivity contribution in [1.82, 2.24) is 34.2 Å². The number of nitrogens with zero attached hydrogens (tertiary/aromatic N) is 6. The summed E-state index contributed by atoms with van der Waals surface area (Å²) >= 11 is 13.4. The smallest absolute Gasteiger partial charge is 0.481 e. The molecule has 55 heavy (non-hydrogen) atoms. The van der Waals surface area contributed by atoms with Crippen LogP contribution in [0.4, 0.5) is 4.79 Å². The number of benzene rings is 2. The summed E-state index contributed by atoms with van der Waals surface area (Å²) in [6.07, 6.45) is 5.49. The number of rotatable bonds is 7. The van der Waals surface area contributed by atoms with Gasteiger partial charge in [-0.25, -0.2) is 14.6 Å². The Morgan fingerprint density at radius 3 is 2.53 bits per heavy atom. The minimum Gasteiger partial charge on any atom is -0.481 e. The topological polar surface area (TPSA) is 124 Å². The fourth-order valence-corrected chi connectivity index (χ4v) is 8.43. The van der Waals surface area contributed by atoms with Crippen molar-refractivity contribution in [1.29, 1.82) is 0 Å². The number of pyridine rings is 2. The van der Waals surface area contributed by atoms with Crippen LogP contribution in [0.1, 0.15) is 35.7 Å². The number of amides is 2. The van der Waals surface area contributed by atoms with Crippen molar-refractivity contribution in [3.8, 4) is 28.3 Å². The van der Waals surface area contributed by atoms with Gasteiger partial charge in [0, 0.05) is 69.6 Å². The molecular weight excluding hydrogens is 788 g/mol. The van der Waals surface area contributed by atoms with Crippen molar-refractivity contribution < 1.29 is 30.8 Å². The number of hydrogen-bond donors (Lipinski definition) is 1. The maximum atomic E-state index is 12.6.